The van der Waals surface area contributed by atoms with Crippen LogP contribution in [0.2, 0.25) is 0 Å². The molecule has 1 fully saturated rings. The largest absolute Gasteiger partial charge is 0.394 e. The van der Waals surface area contributed by atoms with E-state index in [4.69, 9.17) is 5.73 Å². The topological polar surface area (TPSA) is 59.1 Å². The summed E-state index contributed by atoms with van der Waals surface area (Å²) >= 11 is 5.13. The second-order valence-electron chi connectivity index (χ2n) is 4.93. The third-order valence-corrected chi connectivity index (χ3v) is 5.16. The Morgan fingerprint density at radius 2 is 2.39 bits per heavy atom. The van der Waals surface area contributed by atoms with Crippen molar-refractivity contribution in [2.45, 2.75) is 36.2 Å². The van der Waals surface area contributed by atoms with Crippen LogP contribution in [0.3, 0.4) is 0 Å². The lowest BCUT2D eigenvalue weighted by atomic mass is 9.87. The zero-order chi connectivity index (χ0) is 13.0. The first-order chi connectivity index (χ1) is 8.64. The van der Waals surface area contributed by atoms with E-state index in [1.165, 1.54) is 0 Å². The number of rotatable bonds is 5. The molecule has 1 aliphatic carbocycles. The molecule has 1 aromatic heterocycles. The smallest absolute Gasteiger partial charge is 0.0960 e. The fourth-order valence-corrected chi connectivity index (χ4v) is 3.70. The van der Waals surface area contributed by atoms with Crippen molar-refractivity contribution in [2.24, 2.45) is 11.7 Å². The molecule has 1 heterocycles. The van der Waals surface area contributed by atoms with Crippen LogP contribution in [0.15, 0.2) is 27.8 Å². The number of pyridine rings is 1. The molecule has 5 heteroatoms. The molecule has 2 atom stereocenters. The first kappa shape index (κ1) is 14.3. The Morgan fingerprint density at radius 1 is 1.56 bits per heavy atom. The molecule has 2 rings (SSSR count). The van der Waals surface area contributed by atoms with Crippen LogP contribution in [0.4, 0.5) is 0 Å². The maximum atomic E-state index is 9.39. The molecule has 0 saturated heterocycles. The van der Waals surface area contributed by atoms with Crippen LogP contribution < -0.4 is 5.73 Å². The van der Waals surface area contributed by atoms with E-state index in [1.54, 1.807) is 11.8 Å². The Kier molecular flexibility index (Phi) is 5.06. The van der Waals surface area contributed by atoms with Gasteiger partial charge in [-0.2, -0.15) is 0 Å². The molecule has 1 saturated carbocycles. The molecule has 0 aromatic carbocycles. The van der Waals surface area contributed by atoms with Crippen molar-refractivity contribution in [1.29, 1.82) is 0 Å². The zero-order valence-electron chi connectivity index (χ0n) is 10.3. The molecule has 100 valence electrons. The normalized spacial score (nSPS) is 27.6. The van der Waals surface area contributed by atoms with Crippen molar-refractivity contribution < 1.29 is 5.11 Å². The van der Waals surface area contributed by atoms with Crippen LogP contribution in [-0.4, -0.2) is 28.0 Å². The summed E-state index contributed by atoms with van der Waals surface area (Å²) in [6.45, 7) is 0.110. The molecule has 0 radical (unpaired) electrons. The van der Waals surface area contributed by atoms with E-state index >= 15 is 0 Å². The average Bonchev–Trinajstić information content (AvgIpc) is 2.74. The molecule has 0 bridgehead atoms. The molecular formula is C13H19BrN2OS. The summed E-state index contributed by atoms with van der Waals surface area (Å²) in [6.07, 6.45) is 6.11. The van der Waals surface area contributed by atoms with Gasteiger partial charge in [-0.15, -0.1) is 11.8 Å². The van der Waals surface area contributed by atoms with Gasteiger partial charge in [0.15, 0.2) is 0 Å². The molecule has 1 aromatic rings. The minimum atomic E-state index is -0.340. The van der Waals surface area contributed by atoms with E-state index in [-0.39, 0.29) is 12.1 Å². The summed E-state index contributed by atoms with van der Waals surface area (Å²) in [6, 6.07) is 4.02. The van der Waals surface area contributed by atoms with Crippen LogP contribution in [0.25, 0.3) is 0 Å². The monoisotopic (exact) mass is 330 g/mol. The summed E-state index contributed by atoms with van der Waals surface area (Å²) in [5.74, 6) is 1.46. The van der Waals surface area contributed by atoms with Crippen LogP contribution in [0, 0.1) is 5.92 Å². The fourth-order valence-electron chi connectivity index (χ4n) is 2.56. The van der Waals surface area contributed by atoms with Gasteiger partial charge in [-0.3, -0.25) is 0 Å². The zero-order valence-corrected chi connectivity index (χ0v) is 12.7. The summed E-state index contributed by atoms with van der Waals surface area (Å²) in [5.41, 5.74) is 5.88. The number of hydrogen-bond acceptors (Lipinski definition) is 4. The Balaban J connectivity index is 1.80. The lowest BCUT2D eigenvalue weighted by molar-refractivity contribution is 0.158. The Hall–Kier alpha value is -0.100. The van der Waals surface area contributed by atoms with Gasteiger partial charge < -0.3 is 10.8 Å². The van der Waals surface area contributed by atoms with Crippen molar-refractivity contribution in [3.8, 4) is 0 Å². The van der Waals surface area contributed by atoms with Gasteiger partial charge in [-0.05, 0) is 59.0 Å². The Bertz CT molecular complexity index is 387. The Morgan fingerprint density at radius 3 is 3.06 bits per heavy atom. The highest BCUT2D eigenvalue weighted by molar-refractivity contribution is 9.10. The standard InChI is InChI=1S/C13H19BrN2OS/c14-11-3-4-12(16-8-11)18-7-5-10-2-1-6-13(10,15)9-17/h3-4,8,10,17H,1-2,5-7,9,15H2. The third-order valence-electron chi connectivity index (χ3n) is 3.72. The molecule has 0 aliphatic heterocycles. The van der Waals surface area contributed by atoms with Gasteiger partial charge in [-0.1, -0.05) is 6.42 Å². The third kappa shape index (κ3) is 3.47. The van der Waals surface area contributed by atoms with Crippen molar-refractivity contribution in [3.05, 3.63) is 22.8 Å². The van der Waals surface area contributed by atoms with Crippen molar-refractivity contribution in [2.75, 3.05) is 12.4 Å². The second kappa shape index (κ2) is 6.37. The van der Waals surface area contributed by atoms with Crippen molar-refractivity contribution >= 4 is 27.7 Å². The van der Waals surface area contributed by atoms with Crippen molar-refractivity contribution in [3.63, 3.8) is 0 Å². The summed E-state index contributed by atoms with van der Waals surface area (Å²) in [4.78, 5) is 4.33. The number of nitrogens with two attached hydrogens (primary N) is 1. The summed E-state index contributed by atoms with van der Waals surface area (Å²) < 4.78 is 1.00. The molecule has 18 heavy (non-hydrogen) atoms. The summed E-state index contributed by atoms with van der Waals surface area (Å²) in [5, 5.41) is 10.4. The maximum absolute atomic E-state index is 9.39. The van der Waals surface area contributed by atoms with Gasteiger partial charge in [0, 0.05) is 16.2 Å². The number of aromatic nitrogens is 1. The number of hydrogen-bond donors (Lipinski definition) is 2. The molecule has 1 aliphatic rings. The van der Waals surface area contributed by atoms with E-state index in [0.29, 0.717) is 5.92 Å². The predicted molar refractivity (Wildman–Crippen MR) is 78.6 cm³/mol. The van der Waals surface area contributed by atoms with E-state index in [0.717, 1.165) is 40.9 Å². The number of aliphatic hydroxyl groups is 1. The van der Waals surface area contributed by atoms with E-state index in [1.807, 2.05) is 18.3 Å². The highest BCUT2D eigenvalue weighted by Gasteiger charge is 2.38. The van der Waals surface area contributed by atoms with Gasteiger partial charge in [0.2, 0.25) is 0 Å². The lowest BCUT2D eigenvalue weighted by Crippen LogP contribution is -2.47. The van der Waals surface area contributed by atoms with Crippen molar-refractivity contribution in [1.82, 2.24) is 4.98 Å². The van der Waals surface area contributed by atoms with Gasteiger partial charge in [0.05, 0.1) is 11.6 Å². The van der Waals surface area contributed by atoms with Gasteiger partial charge in [0.1, 0.15) is 0 Å². The van der Waals surface area contributed by atoms with E-state index in [2.05, 4.69) is 20.9 Å². The molecule has 0 spiro atoms. The SMILES string of the molecule is NC1(CO)CCCC1CCSc1ccc(Br)cn1. The average molecular weight is 331 g/mol. The molecule has 3 N–H and O–H groups in total. The van der Waals surface area contributed by atoms with Gasteiger partial charge in [0.25, 0.3) is 0 Å². The molecule has 0 amide bonds. The minimum absolute atomic E-state index is 0.110. The molecule has 3 nitrogen and oxygen atoms in total. The first-order valence-electron chi connectivity index (χ1n) is 6.28. The number of thioether (sulfide) groups is 1. The fraction of sp³-hybridized carbons (Fsp3) is 0.615. The maximum Gasteiger partial charge on any atom is 0.0960 e. The number of nitrogens with zero attached hydrogens (tertiary/aromatic N) is 1. The lowest BCUT2D eigenvalue weighted by Gasteiger charge is -2.29. The van der Waals surface area contributed by atoms with E-state index in [9.17, 15) is 5.11 Å². The van der Waals surface area contributed by atoms with E-state index < -0.39 is 0 Å². The van der Waals surface area contributed by atoms with Crippen LogP contribution in [-0.2, 0) is 0 Å². The second-order valence-corrected chi connectivity index (χ2v) is 6.96. The van der Waals surface area contributed by atoms with Gasteiger partial charge >= 0.3 is 0 Å². The molecular weight excluding hydrogens is 312 g/mol. The quantitative estimate of drug-likeness (QED) is 0.815. The highest BCUT2D eigenvalue weighted by Crippen LogP contribution is 2.36. The van der Waals surface area contributed by atoms with Crippen LogP contribution in [0.1, 0.15) is 25.7 Å². The number of halogens is 1. The first-order valence-corrected chi connectivity index (χ1v) is 8.06. The Labute approximate surface area is 121 Å². The minimum Gasteiger partial charge on any atom is -0.394 e. The van der Waals surface area contributed by atoms with Crippen LogP contribution in [0.5, 0.6) is 0 Å². The summed E-state index contributed by atoms with van der Waals surface area (Å²) in [7, 11) is 0. The molecule has 2 unspecified atom stereocenters. The van der Waals surface area contributed by atoms with Gasteiger partial charge in [-0.25, -0.2) is 4.98 Å². The number of aliphatic hydroxyl groups excluding tert-OH is 1. The van der Waals surface area contributed by atoms with Crippen LogP contribution >= 0.6 is 27.7 Å². The highest BCUT2D eigenvalue weighted by atomic mass is 79.9. The predicted octanol–water partition coefficient (Wildman–Crippen LogP) is 2.82.